The Labute approximate surface area is 220 Å². The summed E-state index contributed by atoms with van der Waals surface area (Å²) in [5.41, 5.74) is -0.784. The van der Waals surface area contributed by atoms with E-state index in [1.165, 1.54) is 49.4 Å². The van der Waals surface area contributed by atoms with Crippen molar-refractivity contribution in [3.05, 3.63) is 75.7 Å². The number of ether oxygens (including phenoxy) is 1. The lowest BCUT2D eigenvalue weighted by molar-refractivity contribution is -0.274. The Morgan fingerprint density at radius 3 is 2.31 bits per heavy atom. The first-order valence-electron chi connectivity index (χ1n) is 11.2. The van der Waals surface area contributed by atoms with Crippen LogP contribution in [0.15, 0.2) is 53.3 Å². The van der Waals surface area contributed by atoms with Gasteiger partial charge in [0, 0.05) is 17.1 Å². The predicted molar refractivity (Wildman–Crippen MR) is 125 cm³/mol. The molecular weight excluding hydrogens is 558 g/mol. The minimum Gasteiger partial charge on any atom is -0.403 e. The Morgan fingerprint density at radius 2 is 1.69 bits per heavy atom. The molecule has 1 N–H and O–H groups in total. The molecule has 1 unspecified atom stereocenters. The first-order valence-corrected chi connectivity index (χ1v) is 11.6. The molecule has 0 fully saturated rings. The molecule has 0 aliphatic heterocycles. The lowest BCUT2D eigenvalue weighted by Crippen LogP contribution is -2.27. The number of halogens is 7. The maximum absolute atomic E-state index is 13.1. The minimum atomic E-state index is -5.01. The topological polar surface area (TPSA) is 100.0 Å². The maximum Gasteiger partial charge on any atom is 0.573 e. The average molecular weight is 577 g/mol. The summed E-state index contributed by atoms with van der Waals surface area (Å²) in [6.45, 7) is 0.116. The van der Waals surface area contributed by atoms with Crippen molar-refractivity contribution in [3.63, 3.8) is 0 Å². The quantitative estimate of drug-likeness (QED) is 0.300. The molecular formula is C23H19ClF6N6O3. The molecule has 4 rings (SSSR count). The molecule has 0 spiro atoms. The van der Waals surface area contributed by atoms with Crippen LogP contribution in [-0.4, -0.2) is 46.8 Å². The standard InChI is InChI=1S/C23H19ClF6N6O3/c1-13(37)19-31-18(32-36(19)16-4-2-3-5-17(16)39-23(28,29)30)12-35-21(38)34(11-10-22(25,26)27)20(33-35)14-6-8-15(24)9-7-14/h2-9,13,37H,10-12H2,1H3. The first-order chi connectivity index (χ1) is 18.2. The fraction of sp³-hybridized carbons (Fsp3) is 0.304. The molecule has 0 bridgehead atoms. The Morgan fingerprint density at radius 1 is 1.03 bits per heavy atom. The Balaban J connectivity index is 1.76. The van der Waals surface area contributed by atoms with Crippen molar-refractivity contribution in [1.82, 2.24) is 29.1 Å². The number of hydrogen-bond acceptors (Lipinski definition) is 6. The molecule has 9 nitrogen and oxygen atoms in total. The molecule has 0 aliphatic carbocycles. The van der Waals surface area contributed by atoms with Crippen LogP contribution in [0.1, 0.15) is 31.1 Å². The van der Waals surface area contributed by atoms with Gasteiger partial charge in [0.05, 0.1) is 6.42 Å². The highest BCUT2D eigenvalue weighted by Crippen LogP contribution is 2.30. The summed E-state index contributed by atoms with van der Waals surface area (Å²) in [6, 6.07) is 10.9. The van der Waals surface area contributed by atoms with Gasteiger partial charge in [0.1, 0.15) is 18.3 Å². The molecule has 0 amide bonds. The van der Waals surface area contributed by atoms with Crippen LogP contribution in [-0.2, 0) is 13.1 Å². The molecule has 39 heavy (non-hydrogen) atoms. The zero-order valence-electron chi connectivity index (χ0n) is 19.9. The summed E-state index contributed by atoms with van der Waals surface area (Å²) >= 11 is 5.89. The second-order valence-corrected chi connectivity index (χ2v) is 8.71. The van der Waals surface area contributed by atoms with Crippen LogP contribution in [0, 0.1) is 0 Å². The van der Waals surface area contributed by atoms with Crippen LogP contribution in [0.2, 0.25) is 5.02 Å². The molecule has 2 aromatic carbocycles. The van der Waals surface area contributed by atoms with Gasteiger partial charge >= 0.3 is 18.2 Å². The first kappa shape index (κ1) is 28.2. The van der Waals surface area contributed by atoms with E-state index < -0.39 is 49.6 Å². The van der Waals surface area contributed by atoms with E-state index >= 15 is 0 Å². The molecule has 208 valence electrons. The smallest absolute Gasteiger partial charge is 0.403 e. The highest BCUT2D eigenvalue weighted by molar-refractivity contribution is 6.30. The van der Waals surface area contributed by atoms with Gasteiger partial charge in [-0.05, 0) is 43.3 Å². The Kier molecular flexibility index (Phi) is 7.75. The van der Waals surface area contributed by atoms with Crippen molar-refractivity contribution in [1.29, 1.82) is 0 Å². The largest absolute Gasteiger partial charge is 0.573 e. The van der Waals surface area contributed by atoms with Crippen LogP contribution >= 0.6 is 11.6 Å². The third-order valence-corrected chi connectivity index (χ3v) is 5.56. The summed E-state index contributed by atoms with van der Waals surface area (Å²) in [4.78, 5) is 17.2. The highest BCUT2D eigenvalue weighted by Gasteiger charge is 2.33. The van der Waals surface area contributed by atoms with Gasteiger partial charge in [-0.1, -0.05) is 23.7 Å². The maximum atomic E-state index is 13.1. The molecule has 4 aromatic rings. The Bertz CT molecular complexity index is 1510. The van der Waals surface area contributed by atoms with Crippen molar-refractivity contribution in [2.45, 2.75) is 45.1 Å². The second-order valence-electron chi connectivity index (χ2n) is 8.28. The number of rotatable bonds is 8. The van der Waals surface area contributed by atoms with E-state index in [-0.39, 0.29) is 23.2 Å². The van der Waals surface area contributed by atoms with Gasteiger partial charge in [0.15, 0.2) is 23.2 Å². The number of aromatic nitrogens is 6. The molecule has 0 saturated heterocycles. The third kappa shape index (κ3) is 6.78. The van der Waals surface area contributed by atoms with Crippen molar-refractivity contribution < 1.29 is 36.2 Å². The molecule has 16 heteroatoms. The fourth-order valence-corrected chi connectivity index (χ4v) is 3.78. The zero-order valence-corrected chi connectivity index (χ0v) is 20.7. The minimum absolute atomic E-state index is 0.0694. The van der Waals surface area contributed by atoms with Gasteiger partial charge < -0.3 is 9.84 Å². The van der Waals surface area contributed by atoms with E-state index in [1.54, 1.807) is 0 Å². The average Bonchev–Trinajstić information content (AvgIpc) is 3.39. The number of aliphatic hydroxyl groups excluding tert-OH is 1. The van der Waals surface area contributed by atoms with Crippen molar-refractivity contribution in [3.8, 4) is 22.8 Å². The summed E-state index contributed by atoms with van der Waals surface area (Å²) in [6.07, 6.45) is -12.2. The fourth-order valence-electron chi connectivity index (χ4n) is 3.66. The van der Waals surface area contributed by atoms with Crippen LogP contribution < -0.4 is 10.4 Å². The number of alkyl halides is 6. The molecule has 1 atom stereocenters. The zero-order chi connectivity index (χ0) is 28.5. The third-order valence-electron chi connectivity index (χ3n) is 5.30. The van der Waals surface area contributed by atoms with E-state index in [1.807, 2.05) is 0 Å². The van der Waals surface area contributed by atoms with Crippen molar-refractivity contribution in [2.75, 3.05) is 0 Å². The van der Waals surface area contributed by atoms with Crippen LogP contribution in [0.25, 0.3) is 17.1 Å². The van der Waals surface area contributed by atoms with Gasteiger partial charge in [-0.25, -0.2) is 19.1 Å². The molecule has 2 aromatic heterocycles. The SMILES string of the molecule is CC(O)c1nc(Cn2nc(-c3ccc(Cl)cc3)n(CCC(F)(F)F)c2=O)nn1-c1ccccc1OC(F)(F)F. The highest BCUT2D eigenvalue weighted by atomic mass is 35.5. The van der Waals surface area contributed by atoms with Crippen LogP contribution in [0.3, 0.4) is 0 Å². The van der Waals surface area contributed by atoms with Crippen molar-refractivity contribution in [2.24, 2.45) is 0 Å². The monoisotopic (exact) mass is 576 g/mol. The van der Waals surface area contributed by atoms with Crippen LogP contribution in [0.4, 0.5) is 26.3 Å². The van der Waals surface area contributed by atoms with Gasteiger partial charge in [0.25, 0.3) is 0 Å². The van der Waals surface area contributed by atoms with Gasteiger partial charge in [-0.15, -0.1) is 23.4 Å². The van der Waals surface area contributed by atoms with E-state index in [0.717, 1.165) is 20.0 Å². The number of hydrogen-bond donors (Lipinski definition) is 1. The summed E-state index contributed by atoms with van der Waals surface area (Å²) in [5.74, 6) is -1.02. The molecule has 0 saturated carbocycles. The van der Waals surface area contributed by atoms with E-state index in [9.17, 15) is 36.2 Å². The normalized spacial score (nSPS) is 13.1. The van der Waals surface area contributed by atoms with Crippen molar-refractivity contribution >= 4 is 11.6 Å². The Hall–Kier alpha value is -3.85. The molecule has 0 aliphatic rings. The second kappa shape index (κ2) is 10.7. The number of aliphatic hydroxyl groups is 1. The summed E-state index contributed by atoms with van der Waals surface area (Å²) in [7, 11) is 0. The van der Waals surface area contributed by atoms with E-state index in [2.05, 4.69) is 19.9 Å². The lowest BCUT2D eigenvalue weighted by atomic mass is 10.2. The summed E-state index contributed by atoms with van der Waals surface area (Å²) in [5, 5.41) is 18.8. The van der Waals surface area contributed by atoms with Gasteiger partial charge in [-0.3, -0.25) is 4.57 Å². The molecule has 0 radical (unpaired) electrons. The number of para-hydroxylation sites is 2. The summed E-state index contributed by atoms with van der Waals surface area (Å²) < 4.78 is 84.3. The number of nitrogens with zero attached hydrogens (tertiary/aromatic N) is 6. The van der Waals surface area contributed by atoms with E-state index in [4.69, 9.17) is 11.6 Å². The predicted octanol–water partition coefficient (Wildman–Crippen LogP) is 4.90. The lowest BCUT2D eigenvalue weighted by Gasteiger charge is -2.14. The van der Waals surface area contributed by atoms with Gasteiger partial charge in [0.2, 0.25) is 0 Å². The molecule has 2 heterocycles. The van der Waals surface area contributed by atoms with Gasteiger partial charge in [-0.2, -0.15) is 13.2 Å². The van der Waals surface area contributed by atoms with E-state index in [0.29, 0.717) is 10.6 Å². The van der Waals surface area contributed by atoms with Crippen LogP contribution in [0.5, 0.6) is 5.75 Å². The number of benzene rings is 2.